The van der Waals surface area contributed by atoms with Crippen LogP contribution in [0.1, 0.15) is 31.2 Å². The molecule has 0 saturated carbocycles. The van der Waals surface area contributed by atoms with Gasteiger partial charge in [0.05, 0.1) is 13.2 Å². The summed E-state index contributed by atoms with van der Waals surface area (Å²) in [5.41, 5.74) is 1.06. The molecule has 0 spiro atoms. The Morgan fingerprint density at radius 2 is 2.10 bits per heavy atom. The van der Waals surface area contributed by atoms with Gasteiger partial charge in [0.15, 0.2) is 0 Å². The zero-order valence-electron chi connectivity index (χ0n) is 12.5. The van der Waals surface area contributed by atoms with Crippen LogP contribution in [0.5, 0.6) is 0 Å². The molecule has 0 aromatic heterocycles. The molecule has 0 aliphatic heterocycles. The summed E-state index contributed by atoms with van der Waals surface area (Å²) in [6.45, 7) is 5.87. The molecule has 0 saturated heterocycles. The second kappa shape index (κ2) is 10.8. The fraction of sp³-hybridized carbons (Fsp3) is 0.625. The Labute approximate surface area is 121 Å². The highest BCUT2D eigenvalue weighted by Gasteiger charge is 2.11. The third-order valence-electron chi connectivity index (χ3n) is 3.23. The van der Waals surface area contributed by atoms with Crippen LogP contribution in [-0.4, -0.2) is 40.0 Å². The van der Waals surface area contributed by atoms with Crippen molar-refractivity contribution in [1.29, 1.82) is 0 Å². The van der Waals surface area contributed by atoms with E-state index in [9.17, 15) is 4.39 Å². The number of hydrogen-bond donors (Lipinski definition) is 1. The summed E-state index contributed by atoms with van der Waals surface area (Å²) in [7, 11) is 1.67. The van der Waals surface area contributed by atoms with Crippen molar-refractivity contribution in [2.45, 2.75) is 25.7 Å². The van der Waals surface area contributed by atoms with Crippen molar-refractivity contribution in [2.75, 3.05) is 40.0 Å². The van der Waals surface area contributed by atoms with Gasteiger partial charge in [-0.2, -0.15) is 0 Å². The molecule has 1 aromatic rings. The molecule has 1 atom stereocenters. The normalized spacial score (nSPS) is 12.6. The van der Waals surface area contributed by atoms with Crippen molar-refractivity contribution in [1.82, 2.24) is 5.32 Å². The second-order valence-corrected chi connectivity index (χ2v) is 4.81. The number of benzene rings is 1. The fourth-order valence-corrected chi connectivity index (χ4v) is 2.14. The van der Waals surface area contributed by atoms with Crippen LogP contribution in [0.15, 0.2) is 24.3 Å². The van der Waals surface area contributed by atoms with Crippen LogP contribution in [0.4, 0.5) is 4.39 Å². The molecule has 0 amide bonds. The van der Waals surface area contributed by atoms with Crippen LogP contribution in [0.3, 0.4) is 0 Å². The summed E-state index contributed by atoms with van der Waals surface area (Å²) in [6.07, 6.45) is 1.96. The minimum atomic E-state index is -0.166. The van der Waals surface area contributed by atoms with Gasteiger partial charge in [-0.1, -0.05) is 19.1 Å². The highest BCUT2D eigenvalue weighted by atomic mass is 19.1. The SMILES string of the molecule is CCNCC(CCCOCCOC)c1cccc(F)c1. The van der Waals surface area contributed by atoms with Gasteiger partial charge in [0, 0.05) is 20.3 Å². The number of nitrogens with one attached hydrogen (secondary N) is 1. The minimum Gasteiger partial charge on any atom is -0.382 e. The lowest BCUT2D eigenvalue weighted by atomic mass is 9.94. The maximum atomic E-state index is 13.3. The highest BCUT2D eigenvalue weighted by molar-refractivity contribution is 5.21. The Morgan fingerprint density at radius 3 is 2.80 bits per heavy atom. The molecule has 0 bridgehead atoms. The molecule has 0 radical (unpaired) electrons. The number of likely N-dealkylation sites (N-methyl/N-ethyl adjacent to an activating group) is 1. The van der Waals surface area contributed by atoms with Crippen LogP contribution in [-0.2, 0) is 9.47 Å². The summed E-state index contributed by atoms with van der Waals surface area (Å²) >= 11 is 0. The average molecular weight is 283 g/mol. The van der Waals surface area contributed by atoms with Crippen LogP contribution < -0.4 is 5.32 Å². The third kappa shape index (κ3) is 6.98. The van der Waals surface area contributed by atoms with Crippen molar-refractivity contribution >= 4 is 0 Å². The molecule has 1 N–H and O–H groups in total. The van der Waals surface area contributed by atoms with Gasteiger partial charge in [-0.05, 0) is 43.0 Å². The van der Waals surface area contributed by atoms with Crippen molar-refractivity contribution in [2.24, 2.45) is 0 Å². The van der Waals surface area contributed by atoms with E-state index in [0.717, 1.165) is 38.1 Å². The Kier molecular flexibility index (Phi) is 9.20. The summed E-state index contributed by atoms with van der Waals surface area (Å²) < 4.78 is 23.7. The molecule has 0 aliphatic carbocycles. The molecule has 0 aliphatic rings. The predicted octanol–water partition coefficient (Wildman–Crippen LogP) is 2.96. The van der Waals surface area contributed by atoms with E-state index in [2.05, 4.69) is 12.2 Å². The molecule has 3 nitrogen and oxygen atoms in total. The Hall–Kier alpha value is -0.970. The topological polar surface area (TPSA) is 30.5 Å². The van der Waals surface area contributed by atoms with Gasteiger partial charge >= 0.3 is 0 Å². The van der Waals surface area contributed by atoms with E-state index in [1.807, 2.05) is 6.07 Å². The zero-order valence-corrected chi connectivity index (χ0v) is 12.5. The number of rotatable bonds is 11. The average Bonchev–Trinajstić information content (AvgIpc) is 2.45. The molecule has 1 rings (SSSR count). The standard InChI is InChI=1S/C16H26FNO2/c1-3-18-13-15(7-5-9-20-11-10-19-2)14-6-4-8-16(17)12-14/h4,6,8,12,15,18H,3,5,7,9-11,13H2,1-2H3. The van der Waals surface area contributed by atoms with Gasteiger partial charge in [-0.3, -0.25) is 0 Å². The zero-order chi connectivity index (χ0) is 14.6. The van der Waals surface area contributed by atoms with Gasteiger partial charge < -0.3 is 14.8 Å². The third-order valence-corrected chi connectivity index (χ3v) is 3.23. The molecule has 20 heavy (non-hydrogen) atoms. The Balaban J connectivity index is 2.40. The first-order chi connectivity index (χ1) is 9.77. The lowest BCUT2D eigenvalue weighted by molar-refractivity contribution is 0.0681. The maximum Gasteiger partial charge on any atom is 0.123 e. The van der Waals surface area contributed by atoms with Crippen molar-refractivity contribution in [3.8, 4) is 0 Å². The lowest BCUT2D eigenvalue weighted by Gasteiger charge is -2.18. The van der Waals surface area contributed by atoms with Crippen molar-refractivity contribution in [3.63, 3.8) is 0 Å². The summed E-state index contributed by atoms with van der Waals surface area (Å²) in [5, 5.41) is 3.34. The van der Waals surface area contributed by atoms with Gasteiger partial charge in [-0.25, -0.2) is 4.39 Å². The maximum absolute atomic E-state index is 13.3. The monoisotopic (exact) mass is 283 g/mol. The first kappa shape index (κ1) is 17.1. The molecule has 114 valence electrons. The number of halogens is 1. The van der Waals surface area contributed by atoms with E-state index in [-0.39, 0.29) is 5.82 Å². The van der Waals surface area contributed by atoms with Crippen LogP contribution in [0.25, 0.3) is 0 Å². The predicted molar refractivity (Wildman–Crippen MR) is 79.6 cm³/mol. The summed E-state index contributed by atoms with van der Waals surface area (Å²) in [5.74, 6) is 0.164. The highest BCUT2D eigenvalue weighted by Crippen LogP contribution is 2.21. The van der Waals surface area contributed by atoms with E-state index in [1.165, 1.54) is 6.07 Å². The fourth-order valence-electron chi connectivity index (χ4n) is 2.14. The van der Waals surface area contributed by atoms with Crippen LogP contribution >= 0.6 is 0 Å². The first-order valence-electron chi connectivity index (χ1n) is 7.30. The van der Waals surface area contributed by atoms with Crippen LogP contribution in [0.2, 0.25) is 0 Å². The van der Waals surface area contributed by atoms with Crippen molar-refractivity contribution < 1.29 is 13.9 Å². The largest absolute Gasteiger partial charge is 0.382 e. The van der Waals surface area contributed by atoms with E-state index in [0.29, 0.717) is 19.1 Å². The molecule has 1 unspecified atom stereocenters. The Bertz CT molecular complexity index is 360. The van der Waals surface area contributed by atoms with Gasteiger partial charge in [0.1, 0.15) is 5.82 Å². The van der Waals surface area contributed by atoms with Crippen molar-refractivity contribution in [3.05, 3.63) is 35.6 Å². The van der Waals surface area contributed by atoms with E-state index >= 15 is 0 Å². The van der Waals surface area contributed by atoms with E-state index in [1.54, 1.807) is 19.2 Å². The summed E-state index contributed by atoms with van der Waals surface area (Å²) in [6, 6.07) is 6.89. The van der Waals surface area contributed by atoms with E-state index in [4.69, 9.17) is 9.47 Å². The number of hydrogen-bond acceptors (Lipinski definition) is 3. The smallest absolute Gasteiger partial charge is 0.123 e. The molecule has 4 heteroatoms. The first-order valence-corrected chi connectivity index (χ1v) is 7.30. The van der Waals surface area contributed by atoms with Crippen LogP contribution in [0, 0.1) is 5.82 Å². The summed E-state index contributed by atoms with van der Waals surface area (Å²) in [4.78, 5) is 0. The lowest BCUT2D eigenvalue weighted by Crippen LogP contribution is -2.21. The molecule has 0 heterocycles. The quantitative estimate of drug-likeness (QED) is 0.633. The number of ether oxygens (including phenoxy) is 2. The van der Waals surface area contributed by atoms with Gasteiger partial charge in [-0.15, -0.1) is 0 Å². The molecular weight excluding hydrogens is 257 g/mol. The Morgan fingerprint density at radius 1 is 1.25 bits per heavy atom. The number of methoxy groups -OCH3 is 1. The molecule has 1 aromatic carbocycles. The second-order valence-electron chi connectivity index (χ2n) is 4.81. The van der Waals surface area contributed by atoms with Gasteiger partial charge in [0.2, 0.25) is 0 Å². The molecular formula is C16H26FNO2. The molecule has 0 fully saturated rings. The minimum absolute atomic E-state index is 0.166. The van der Waals surface area contributed by atoms with E-state index < -0.39 is 0 Å². The van der Waals surface area contributed by atoms with Gasteiger partial charge in [0.25, 0.3) is 0 Å².